The van der Waals surface area contributed by atoms with E-state index in [9.17, 15) is 9.59 Å². The SMILES string of the molecule is O=C(C[C@H]1C[C@H]2CC[C@@H]1C2)OCC(=O)c1ccc2c(c1)OCCCO2. The topological polar surface area (TPSA) is 61.8 Å². The molecule has 5 heteroatoms. The van der Waals surface area contributed by atoms with Crippen LogP contribution in [0, 0.1) is 17.8 Å². The zero-order chi connectivity index (χ0) is 17.2. The zero-order valence-corrected chi connectivity index (χ0v) is 14.4. The highest BCUT2D eigenvalue weighted by Gasteiger charge is 2.40. The van der Waals surface area contributed by atoms with E-state index in [1.54, 1.807) is 18.2 Å². The van der Waals surface area contributed by atoms with Crippen LogP contribution >= 0.6 is 0 Å². The highest BCUT2D eigenvalue weighted by molar-refractivity contribution is 5.98. The van der Waals surface area contributed by atoms with Gasteiger partial charge in [0.25, 0.3) is 0 Å². The Labute approximate surface area is 147 Å². The molecular weight excluding hydrogens is 320 g/mol. The Morgan fingerprint density at radius 2 is 1.92 bits per heavy atom. The Morgan fingerprint density at radius 3 is 2.68 bits per heavy atom. The van der Waals surface area contributed by atoms with E-state index < -0.39 is 0 Å². The van der Waals surface area contributed by atoms with Crippen LogP contribution in [0.1, 0.15) is 48.9 Å². The van der Waals surface area contributed by atoms with Crippen molar-refractivity contribution in [2.75, 3.05) is 19.8 Å². The van der Waals surface area contributed by atoms with Gasteiger partial charge in [0.2, 0.25) is 0 Å². The Bertz CT molecular complexity index is 668. The fourth-order valence-corrected chi connectivity index (χ4v) is 4.47. The van der Waals surface area contributed by atoms with Crippen LogP contribution in [0.4, 0.5) is 0 Å². The van der Waals surface area contributed by atoms with Gasteiger partial charge in [0.1, 0.15) is 0 Å². The van der Waals surface area contributed by atoms with E-state index in [-0.39, 0.29) is 18.4 Å². The van der Waals surface area contributed by atoms with E-state index in [0.717, 1.165) is 18.8 Å². The number of carbonyl (C=O) groups is 2. The first-order valence-corrected chi connectivity index (χ1v) is 9.27. The van der Waals surface area contributed by atoms with E-state index in [4.69, 9.17) is 14.2 Å². The van der Waals surface area contributed by atoms with Gasteiger partial charge >= 0.3 is 5.97 Å². The molecule has 0 radical (unpaired) electrons. The number of ketones is 1. The third kappa shape index (κ3) is 3.65. The highest BCUT2D eigenvalue weighted by atomic mass is 16.5. The summed E-state index contributed by atoms with van der Waals surface area (Å²) in [6.07, 6.45) is 6.26. The van der Waals surface area contributed by atoms with Gasteiger partial charge in [-0.05, 0) is 55.2 Å². The highest BCUT2D eigenvalue weighted by Crippen LogP contribution is 2.49. The summed E-state index contributed by atoms with van der Waals surface area (Å²) in [5.74, 6) is 2.73. The molecule has 0 unspecified atom stereocenters. The number of fused-ring (bicyclic) bond motifs is 3. The maximum Gasteiger partial charge on any atom is 0.306 e. The third-order valence-electron chi connectivity index (χ3n) is 5.75. The molecule has 2 bridgehead atoms. The lowest BCUT2D eigenvalue weighted by Gasteiger charge is -2.20. The van der Waals surface area contributed by atoms with Crippen LogP contribution in [0.2, 0.25) is 0 Å². The second-order valence-corrected chi connectivity index (χ2v) is 7.43. The molecular formula is C20H24O5. The van der Waals surface area contributed by atoms with Gasteiger partial charge in [-0.3, -0.25) is 9.59 Å². The minimum atomic E-state index is -0.250. The van der Waals surface area contributed by atoms with E-state index in [2.05, 4.69) is 0 Å². The molecule has 3 aliphatic rings. The van der Waals surface area contributed by atoms with E-state index >= 15 is 0 Å². The first-order chi connectivity index (χ1) is 12.2. The van der Waals surface area contributed by atoms with Crippen LogP contribution in [-0.2, 0) is 9.53 Å². The maximum absolute atomic E-state index is 12.3. The molecule has 3 atom stereocenters. The smallest absolute Gasteiger partial charge is 0.306 e. The van der Waals surface area contributed by atoms with Crippen molar-refractivity contribution in [1.29, 1.82) is 0 Å². The minimum Gasteiger partial charge on any atom is -0.490 e. The number of rotatable bonds is 5. The summed E-state index contributed by atoms with van der Waals surface area (Å²) in [6.45, 7) is 0.976. The van der Waals surface area contributed by atoms with Crippen LogP contribution < -0.4 is 9.47 Å². The van der Waals surface area contributed by atoms with Gasteiger partial charge < -0.3 is 14.2 Å². The number of ether oxygens (including phenoxy) is 3. The summed E-state index contributed by atoms with van der Waals surface area (Å²) in [7, 11) is 0. The fourth-order valence-electron chi connectivity index (χ4n) is 4.47. The van der Waals surface area contributed by atoms with Crippen molar-refractivity contribution in [2.24, 2.45) is 17.8 Å². The second kappa shape index (κ2) is 7.06. The van der Waals surface area contributed by atoms with E-state index in [1.165, 1.54) is 19.3 Å². The van der Waals surface area contributed by atoms with Gasteiger partial charge in [-0.2, -0.15) is 0 Å². The van der Waals surface area contributed by atoms with Crippen LogP contribution in [0.3, 0.4) is 0 Å². The Morgan fingerprint density at radius 1 is 1.08 bits per heavy atom. The molecule has 2 aliphatic carbocycles. The van der Waals surface area contributed by atoms with Gasteiger partial charge in [-0.1, -0.05) is 6.42 Å². The molecule has 1 aromatic carbocycles. The Hall–Kier alpha value is -2.04. The number of carbonyl (C=O) groups excluding carboxylic acids is 2. The van der Waals surface area contributed by atoms with Crippen LogP contribution in [0.5, 0.6) is 11.5 Å². The van der Waals surface area contributed by atoms with Gasteiger partial charge in [0, 0.05) is 18.4 Å². The normalized spacial score (nSPS) is 27.0. The second-order valence-electron chi connectivity index (χ2n) is 7.43. The summed E-state index contributed by atoms with van der Waals surface area (Å²) >= 11 is 0. The summed E-state index contributed by atoms with van der Waals surface area (Å²) in [4.78, 5) is 24.4. The predicted molar refractivity (Wildman–Crippen MR) is 90.9 cm³/mol. The molecule has 1 heterocycles. The molecule has 4 rings (SSSR count). The summed E-state index contributed by atoms with van der Waals surface area (Å²) in [6, 6.07) is 5.11. The van der Waals surface area contributed by atoms with Crippen molar-refractivity contribution in [3.63, 3.8) is 0 Å². The molecule has 1 aromatic rings. The van der Waals surface area contributed by atoms with E-state index in [1.807, 2.05) is 0 Å². The predicted octanol–water partition coefficient (Wildman–Crippen LogP) is 3.40. The van der Waals surface area contributed by atoms with Gasteiger partial charge in [0.15, 0.2) is 23.9 Å². The molecule has 0 aromatic heterocycles. The molecule has 25 heavy (non-hydrogen) atoms. The van der Waals surface area contributed by atoms with E-state index in [0.29, 0.717) is 48.5 Å². The summed E-state index contributed by atoms with van der Waals surface area (Å²) in [5, 5.41) is 0. The van der Waals surface area contributed by atoms with Crippen molar-refractivity contribution in [3.8, 4) is 11.5 Å². The third-order valence-corrected chi connectivity index (χ3v) is 5.75. The number of hydrogen-bond donors (Lipinski definition) is 0. The minimum absolute atomic E-state index is 0.209. The molecule has 2 saturated carbocycles. The maximum atomic E-state index is 12.3. The number of esters is 1. The average Bonchev–Trinajstić information content (AvgIpc) is 3.15. The van der Waals surface area contributed by atoms with Crippen molar-refractivity contribution < 1.29 is 23.8 Å². The van der Waals surface area contributed by atoms with Gasteiger partial charge in [-0.15, -0.1) is 0 Å². The first kappa shape index (κ1) is 16.4. The monoisotopic (exact) mass is 344 g/mol. The lowest BCUT2D eigenvalue weighted by Crippen LogP contribution is -2.19. The molecule has 1 aliphatic heterocycles. The molecule has 0 N–H and O–H groups in total. The summed E-state index contributed by atoms with van der Waals surface area (Å²) < 4.78 is 16.4. The first-order valence-electron chi connectivity index (χ1n) is 9.27. The molecule has 134 valence electrons. The van der Waals surface area contributed by atoms with Gasteiger partial charge in [-0.25, -0.2) is 0 Å². The number of hydrogen-bond acceptors (Lipinski definition) is 5. The van der Waals surface area contributed by atoms with Crippen molar-refractivity contribution in [3.05, 3.63) is 23.8 Å². The van der Waals surface area contributed by atoms with Crippen molar-refractivity contribution in [1.82, 2.24) is 0 Å². The van der Waals surface area contributed by atoms with Gasteiger partial charge in [0.05, 0.1) is 13.2 Å². The average molecular weight is 344 g/mol. The lowest BCUT2D eigenvalue weighted by molar-refractivity contribution is -0.144. The molecule has 0 saturated heterocycles. The molecule has 5 nitrogen and oxygen atoms in total. The van der Waals surface area contributed by atoms with Crippen LogP contribution in [0.15, 0.2) is 18.2 Å². The molecule has 2 fully saturated rings. The van der Waals surface area contributed by atoms with Crippen LogP contribution in [-0.4, -0.2) is 31.6 Å². The standard InChI is InChI=1S/C20H24O5/c21-17(15-4-5-18-19(10-15)24-7-1-6-23-18)12-25-20(22)11-16-9-13-2-3-14(16)8-13/h4-5,10,13-14,16H,1-3,6-9,11-12H2/t13-,14+,16+/m0/s1. The zero-order valence-electron chi connectivity index (χ0n) is 14.4. The summed E-state index contributed by atoms with van der Waals surface area (Å²) in [5.41, 5.74) is 0.483. The fraction of sp³-hybridized carbons (Fsp3) is 0.600. The number of benzene rings is 1. The largest absolute Gasteiger partial charge is 0.490 e. The quantitative estimate of drug-likeness (QED) is 0.605. The van der Waals surface area contributed by atoms with Crippen molar-refractivity contribution >= 4 is 11.8 Å². The number of Topliss-reactive ketones (excluding diaryl/α,β-unsaturated/α-hetero) is 1. The Kier molecular flexibility index (Phi) is 4.64. The van der Waals surface area contributed by atoms with Crippen LogP contribution in [0.25, 0.3) is 0 Å². The van der Waals surface area contributed by atoms with Crippen molar-refractivity contribution in [2.45, 2.75) is 38.5 Å². The Balaban J connectivity index is 1.30. The molecule has 0 amide bonds. The molecule has 0 spiro atoms. The lowest BCUT2D eigenvalue weighted by atomic mass is 9.86.